The lowest BCUT2D eigenvalue weighted by Gasteiger charge is -2.33. The standard InChI is InChI=1S/C5H3Cl6NO/c6-1-4(3(7)8,12-2-13)5(9,10)11/h3H,1H2. The summed E-state index contributed by atoms with van der Waals surface area (Å²) in [6.45, 7) is 0. The zero-order valence-corrected chi connectivity index (χ0v) is 10.4. The van der Waals surface area contributed by atoms with Gasteiger partial charge < -0.3 is 0 Å². The molecular formula is C5H3Cl6NO. The Hall–Kier alpha value is 1.12. The first-order valence-electron chi connectivity index (χ1n) is 2.81. The van der Waals surface area contributed by atoms with Gasteiger partial charge in [0.25, 0.3) is 0 Å². The molecular weight excluding hydrogens is 303 g/mol. The number of aliphatic imine (C=N–C) groups is 1. The topological polar surface area (TPSA) is 29.4 Å². The second-order valence-corrected chi connectivity index (χ2v) is 5.70. The second-order valence-electron chi connectivity index (χ2n) is 2.06. The third-order valence-corrected chi connectivity index (χ3v) is 3.41. The summed E-state index contributed by atoms with van der Waals surface area (Å²) in [6.07, 6.45) is 1.22. The van der Waals surface area contributed by atoms with E-state index < -0.39 is 14.2 Å². The van der Waals surface area contributed by atoms with Crippen LogP contribution in [0.2, 0.25) is 0 Å². The highest BCUT2D eigenvalue weighted by Gasteiger charge is 2.53. The first kappa shape index (κ1) is 14.1. The van der Waals surface area contributed by atoms with Crippen LogP contribution in [0.25, 0.3) is 0 Å². The fourth-order valence-corrected chi connectivity index (χ4v) is 2.83. The number of isocyanates is 1. The van der Waals surface area contributed by atoms with Crippen molar-refractivity contribution in [2.75, 3.05) is 5.88 Å². The molecule has 1 atom stereocenters. The van der Waals surface area contributed by atoms with E-state index in [0.29, 0.717) is 0 Å². The van der Waals surface area contributed by atoms with Crippen LogP contribution in [-0.4, -0.2) is 26.1 Å². The number of hydrogen-bond acceptors (Lipinski definition) is 2. The van der Waals surface area contributed by atoms with E-state index in [0.717, 1.165) is 0 Å². The Morgan fingerprint density at radius 2 is 1.77 bits per heavy atom. The molecule has 0 rings (SSSR count). The van der Waals surface area contributed by atoms with Crippen molar-refractivity contribution in [1.82, 2.24) is 0 Å². The predicted octanol–water partition coefficient (Wildman–Crippen LogP) is 3.47. The molecule has 0 aliphatic rings. The molecule has 76 valence electrons. The van der Waals surface area contributed by atoms with E-state index in [4.69, 9.17) is 69.6 Å². The largest absolute Gasteiger partial charge is 0.235 e. The van der Waals surface area contributed by atoms with E-state index in [-0.39, 0.29) is 5.88 Å². The van der Waals surface area contributed by atoms with Crippen molar-refractivity contribution < 1.29 is 4.79 Å². The maximum absolute atomic E-state index is 10.1. The highest BCUT2D eigenvalue weighted by Crippen LogP contribution is 2.46. The zero-order valence-electron chi connectivity index (χ0n) is 5.91. The van der Waals surface area contributed by atoms with Gasteiger partial charge in [0.2, 0.25) is 9.87 Å². The van der Waals surface area contributed by atoms with Crippen LogP contribution < -0.4 is 0 Å². The van der Waals surface area contributed by atoms with Gasteiger partial charge in [-0.3, -0.25) is 0 Å². The second kappa shape index (κ2) is 5.27. The third kappa shape index (κ3) is 3.04. The van der Waals surface area contributed by atoms with Crippen LogP contribution >= 0.6 is 69.6 Å². The van der Waals surface area contributed by atoms with Gasteiger partial charge in [0.1, 0.15) is 4.84 Å². The molecule has 0 amide bonds. The van der Waals surface area contributed by atoms with Crippen LogP contribution in [-0.2, 0) is 4.79 Å². The number of carbonyl (C=O) groups excluding carboxylic acids is 1. The summed E-state index contributed by atoms with van der Waals surface area (Å²) in [5.74, 6) is -0.309. The van der Waals surface area contributed by atoms with Gasteiger partial charge >= 0.3 is 0 Å². The Balaban J connectivity index is 5.23. The first-order chi connectivity index (χ1) is 5.81. The molecule has 13 heavy (non-hydrogen) atoms. The van der Waals surface area contributed by atoms with Gasteiger partial charge in [0.05, 0.1) is 5.88 Å². The normalized spacial score (nSPS) is 16.5. The average Bonchev–Trinajstić information content (AvgIpc) is 1.96. The monoisotopic (exact) mass is 303 g/mol. The molecule has 0 aromatic heterocycles. The highest BCUT2D eigenvalue weighted by atomic mass is 35.6. The molecule has 0 bridgehead atoms. The molecule has 0 aliphatic heterocycles. The van der Waals surface area contributed by atoms with Crippen LogP contribution in [0.15, 0.2) is 4.99 Å². The van der Waals surface area contributed by atoms with Gasteiger partial charge in [-0.1, -0.05) is 34.8 Å². The Labute approximate surface area is 105 Å². The number of alkyl halides is 6. The Morgan fingerprint density at radius 1 is 1.31 bits per heavy atom. The molecule has 0 aliphatic carbocycles. The molecule has 0 N–H and O–H groups in total. The van der Waals surface area contributed by atoms with Crippen molar-refractivity contribution in [3.05, 3.63) is 0 Å². The van der Waals surface area contributed by atoms with E-state index >= 15 is 0 Å². The summed E-state index contributed by atoms with van der Waals surface area (Å²) in [6, 6.07) is 0. The van der Waals surface area contributed by atoms with Gasteiger partial charge in [-0.2, -0.15) is 4.99 Å². The highest BCUT2D eigenvalue weighted by molar-refractivity contribution is 6.69. The van der Waals surface area contributed by atoms with Crippen molar-refractivity contribution in [3.63, 3.8) is 0 Å². The van der Waals surface area contributed by atoms with Crippen molar-refractivity contribution >= 4 is 75.7 Å². The predicted molar refractivity (Wildman–Crippen MR) is 57.4 cm³/mol. The van der Waals surface area contributed by atoms with Crippen LogP contribution in [0, 0.1) is 0 Å². The molecule has 2 nitrogen and oxygen atoms in total. The number of nitrogens with zero attached hydrogens (tertiary/aromatic N) is 1. The van der Waals surface area contributed by atoms with E-state index in [2.05, 4.69) is 4.99 Å². The summed E-state index contributed by atoms with van der Waals surface area (Å²) < 4.78 is -1.97. The van der Waals surface area contributed by atoms with E-state index in [1.54, 1.807) is 0 Å². The lowest BCUT2D eigenvalue weighted by Crippen LogP contribution is -2.48. The molecule has 0 fully saturated rings. The fourth-order valence-electron chi connectivity index (χ4n) is 0.481. The summed E-state index contributed by atoms with van der Waals surface area (Å²) in [7, 11) is 0. The van der Waals surface area contributed by atoms with E-state index in [1.165, 1.54) is 6.08 Å². The molecule has 0 spiro atoms. The van der Waals surface area contributed by atoms with Crippen LogP contribution in [0.4, 0.5) is 0 Å². The van der Waals surface area contributed by atoms with Crippen LogP contribution in [0.3, 0.4) is 0 Å². The molecule has 8 heteroatoms. The summed E-state index contributed by atoms with van der Waals surface area (Å²) in [4.78, 5) is 12.1. The quantitative estimate of drug-likeness (QED) is 0.446. The summed E-state index contributed by atoms with van der Waals surface area (Å²) in [5.41, 5.74) is -1.68. The maximum Gasteiger partial charge on any atom is 0.235 e. The third-order valence-electron chi connectivity index (χ3n) is 1.30. The molecule has 1 unspecified atom stereocenters. The van der Waals surface area contributed by atoms with Gasteiger partial charge in [-0.05, 0) is 0 Å². The Kier molecular flexibility index (Phi) is 5.73. The van der Waals surface area contributed by atoms with E-state index in [9.17, 15) is 4.79 Å². The molecule has 0 saturated heterocycles. The number of rotatable bonds is 3. The lowest BCUT2D eigenvalue weighted by molar-refractivity contribution is 0.503. The van der Waals surface area contributed by atoms with Crippen molar-refractivity contribution in [2.24, 2.45) is 4.99 Å². The van der Waals surface area contributed by atoms with Gasteiger partial charge in [-0.25, -0.2) is 4.79 Å². The summed E-state index contributed by atoms with van der Waals surface area (Å²) >= 11 is 33.1. The zero-order chi connectivity index (χ0) is 10.7. The minimum absolute atomic E-state index is 0.309. The summed E-state index contributed by atoms with van der Waals surface area (Å²) in [5, 5.41) is 0. The minimum Gasteiger partial charge on any atom is -0.211 e. The average molecular weight is 306 g/mol. The lowest BCUT2D eigenvalue weighted by atomic mass is 10.1. The van der Waals surface area contributed by atoms with Crippen molar-refractivity contribution in [3.8, 4) is 0 Å². The molecule has 0 saturated carbocycles. The molecule has 0 aromatic carbocycles. The van der Waals surface area contributed by atoms with Gasteiger partial charge in [0.15, 0.2) is 5.54 Å². The molecule has 0 radical (unpaired) electrons. The maximum atomic E-state index is 10.1. The van der Waals surface area contributed by atoms with Crippen molar-refractivity contribution in [1.29, 1.82) is 0 Å². The van der Waals surface area contributed by atoms with Crippen LogP contribution in [0.1, 0.15) is 0 Å². The molecule has 0 heterocycles. The number of hydrogen-bond donors (Lipinski definition) is 0. The van der Waals surface area contributed by atoms with Gasteiger partial charge in [-0.15, -0.1) is 34.8 Å². The SMILES string of the molecule is O=C=NC(CCl)(C(Cl)Cl)C(Cl)(Cl)Cl. The Bertz CT molecular complexity index is 220. The van der Waals surface area contributed by atoms with Crippen molar-refractivity contribution in [2.45, 2.75) is 14.2 Å². The van der Waals surface area contributed by atoms with E-state index in [1.807, 2.05) is 0 Å². The van der Waals surface area contributed by atoms with Gasteiger partial charge in [0, 0.05) is 0 Å². The molecule has 0 aromatic rings. The Morgan fingerprint density at radius 3 is 1.85 bits per heavy atom. The van der Waals surface area contributed by atoms with Crippen LogP contribution in [0.5, 0.6) is 0 Å². The first-order valence-corrected chi connectivity index (χ1v) is 5.36. The fraction of sp³-hybridized carbons (Fsp3) is 0.800. The number of halogens is 6. The smallest absolute Gasteiger partial charge is 0.211 e. The minimum atomic E-state index is -1.97.